The summed E-state index contributed by atoms with van der Waals surface area (Å²) in [4.78, 5) is 30.7. The van der Waals surface area contributed by atoms with Gasteiger partial charge in [-0.05, 0) is 76.7 Å². The number of aryl methyl sites for hydroxylation is 2. The molecule has 0 bridgehead atoms. The van der Waals surface area contributed by atoms with Crippen molar-refractivity contribution in [2.45, 2.75) is 59.0 Å². The number of thiophene rings is 1. The van der Waals surface area contributed by atoms with E-state index in [0.29, 0.717) is 17.1 Å². The molecule has 2 aromatic rings. The molecule has 0 aliphatic carbocycles. The first-order valence-electron chi connectivity index (χ1n) is 12.4. The lowest BCUT2D eigenvalue weighted by Gasteiger charge is -2.27. The number of hydrogen-bond donors (Lipinski definition) is 3. The number of primary amides is 1. The first-order chi connectivity index (χ1) is 16.4. The van der Waals surface area contributed by atoms with Crippen LogP contribution in [0.25, 0.3) is 0 Å². The molecule has 0 radical (unpaired) electrons. The molecule has 4 N–H and O–H groups in total. The lowest BCUT2D eigenvalue weighted by molar-refractivity contribution is 0.0999. The number of carbonyl (C=O) groups excluding carboxylic acids is 2. The minimum Gasteiger partial charge on any atom is -0.365 e. The molecule has 1 aromatic heterocycles. The van der Waals surface area contributed by atoms with Crippen LogP contribution in [0.4, 0.5) is 9.80 Å². The predicted molar refractivity (Wildman–Crippen MR) is 139 cm³/mol. The predicted octanol–water partition coefficient (Wildman–Crippen LogP) is 4.02. The SMILES string of the molecule is Cc1cc(C)cc(CN2CCc3c(sc(NC(=O)NCCCCN4CCCC4)c3C(N)=O)C2)c1. The molecule has 3 heterocycles. The van der Waals surface area contributed by atoms with Crippen LogP contribution in [0.1, 0.15) is 63.2 Å². The molecule has 2 aliphatic heterocycles. The van der Waals surface area contributed by atoms with Gasteiger partial charge in [0.25, 0.3) is 5.91 Å². The second-order valence-electron chi connectivity index (χ2n) is 9.67. The molecule has 0 saturated carbocycles. The van der Waals surface area contributed by atoms with E-state index in [1.807, 2.05) is 0 Å². The van der Waals surface area contributed by atoms with Crippen molar-refractivity contribution < 1.29 is 9.59 Å². The number of hydrogen-bond acceptors (Lipinski definition) is 5. The van der Waals surface area contributed by atoms with E-state index in [1.165, 1.54) is 54.0 Å². The van der Waals surface area contributed by atoms with Gasteiger partial charge in [0.2, 0.25) is 0 Å². The Labute approximate surface area is 206 Å². The van der Waals surface area contributed by atoms with Gasteiger partial charge in [-0.2, -0.15) is 0 Å². The summed E-state index contributed by atoms with van der Waals surface area (Å²) in [5.41, 5.74) is 11.0. The van der Waals surface area contributed by atoms with Crippen molar-refractivity contribution in [1.82, 2.24) is 15.1 Å². The smallest absolute Gasteiger partial charge is 0.319 e. The van der Waals surface area contributed by atoms with E-state index in [4.69, 9.17) is 5.73 Å². The number of fused-ring (bicyclic) bond motifs is 1. The van der Waals surface area contributed by atoms with Crippen LogP contribution in [0, 0.1) is 13.8 Å². The minimum absolute atomic E-state index is 0.269. The Morgan fingerprint density at radius 1 is 1.03 bits per heavy atom. The molecule has 34 heavy (non-hydrogen) atoms. The highest BCUT2D eigenvalue weighted by molar-refractivity contribution is 7.17. The number of carbonyl (C=O) groups is 2. The van der Waals surface area contributed by atoms with E-state index in [0.717, 1.165) is 55.9 Å². The molecular formula is C26H37N5O2S. The molecule has 1 fully saturated rings. The van der Waals surface area contributed by atoms with Gasteiger partial charge in [0, 0.05) is 31.1 Å². The molecule has 0 atom stereocenters. The third-order valence-corrected chi connectivity index (χ3v) is 7.81. The summed E-state index contributed by atoms with van der Waals surface area (Å²) < 4.78 is 0. The van der Waals surface area contributed by atoms with Crippen LogP contribution in [0.15, 0.2) is 18.2 Å². The number of nitrogens with two attached hydrogens (primary N) is 1. The van der Waals surface area contributed by atoms with Gasteiger partial charge in [-0.25, -0.2) is 4.79 Å². The van der Waals surface area contributed by atoms with Crippen LogP contribution in [-0.2, 0) is 19.5 Å². The Hall–Kier alpha value is -2.42. The fourth-order valence-corrected chi connectivity index (χ4v) is 6.46. The van der Waals surface area contributed by atoms with E-state index >= 15 is 0 Å². The highest BCUT2D eigenvalue weighted by atomic mass is 32.1. The Balaban J connectivity index is 1.32. The third kappa shape index (κ3) is 6.37. The standard InChI is InChI=1S/C26H37N5O2S/c1-18-13-19(2)15-20(14-18)16-31-12-7-21-22(17-31)34-25(23(21)24(27)32)29-26(33)28-8-3-4-9-30-10-5-6-11-30/h13-15H,3-12,16-17H2,1-2H3,(H2,27,32)(H2,28,29,33). The number of benzene rings is 1. The van der Waals surface area contributed by atoms with E-state index in [-0.39, 0.29) is 6.03 Å². The highest BCUT2D eigenvalue weighted by Crippen LogP contribution is 2.37. The molecule has 1 aromatic carbocycles. The number of anilines is 1. The van der Waals surface area contributed by atoms with Crippen LogP contribution in [0.5, 0.6) is 0 Å². The zero-order valence-electron chi connectivity index (χ0n) is 20.4. The Morgan fingerprint density at radius 2 is 1.76 bits per heavy atom. The summed E-state index contributed by atoms with van der Waals surface area (Å²) in [5.74, 6) is -0.471. The molecule has 0 unspecified atom stereocenters. The quantitative estimate of drug-likeness (QED) is 0.470. The normalized spacial score (nSPS) is 16.4. The van der Waals surface area contributed by atoms with Crippen LogP contribution < -0.4 is 16.4 Å². The molecule has 0 spiro atoms. The maximum absolute atomic E-state index is 12.5. The molecule has 3 amide bonds. The zero-order chi connectivity index (χ0) is 24.1. The summed E-state index contributed by atoms with van der Waals surface area (Å²) in [6.45, 7) is 10.9. The van der Waals surface area contributed by atoms with Crippen molar-refractivity contribution in [3.05, 3.63) is 50.9 Å². The van der Waals surface area contributed by atoms with Crippen LogP contribution in [0.2, 0.25) is 0 Å². The van der Waals surface area contributed by atoms with Gasteiger partial charge in [-0.1, -0.05) is 29.3 Å². The molecule has 4 rings (SSSR count). The minimum atomic E-state index is -0.471. The van der Waals surface area contributed by atoms with Gasteiger partial charge >= 0.3 is 6.03 Å². The number of urea groups is 1. The largest absolute Gasteiger partial charge is 0.365 e. The van der Waals surface area contributed by atoms with Crippen molar-refractivity contribution in [3.8, 4) is 0 Å². The molecular weight excluding hydrogens is 446 g/mol. The Kier molecular flexibility index (Phi) is 8.24. The van der Waals surface area contributed by atoms with Crippen LogP contribution in [-0.4, -0.2) is 54.5 Å². The van der Waals surface area contributed by atoms with Crippen LogP contribution >= 0.6 is 11.3 Å². The second-order valence-corrected chi connectivity index (χ2v) is 10.8. The average Bonchev–Trinajstić information content (AvgIpc) is 3.39. The average molecular weight is 484 g/mol. The topological polar surface area (TPSA) is 90.7 Å². The van der Waals surface area contributed by atoms with Gasteiger partial charge in [0.15, 0.2) is 0 Å². The van der Waals surface area contributed by atoms with Gasteiger partial charge in [0.1, 0.15) is 5.00 Å². The number of unbranched alkanes of at least 4 members (excludes halogenated alkanes) is 1. The fraction of sp³-hybridized carbons (Fsp3) is 0.538. The van der Waals surface area contributed by atoms with Gasteiger partial charge in [-0.3, -0.25) is 15.0 Å². The van der Waals surface area contributed by atoms with Crippen molar-refractivity contribution >= 4 is 28.3 Å². The van der Waals surface area contributed by atoms with E-state index in [9.17, 15) is 9.59 Å². The lowest BCUT2D eigenvalue weighted by Crippen LogP contribution is -2.31. The number of nitrogens with one attached hydrogen (secondary N) is 2. The van der Waals surface area contributed by atoms with Gasteiger partial charge < -0.3 is 16.0 Å². The summed E-state index contributed by atoms with van der Waals surface area (Å²) in [7, 11) is 0. The molecule has 8 heteroatoms. The molecule has 2 aliphatic rings. The van der Waals surface area contributed by atoms with Crippen molar-refractivity contribution in [1.29, 1.82) is 0 Å². The van der Waals surface area contributed by atoms with E-state index in [2.05, 4.69) is 52.5 Å². The van der Waals surface area contributed by atoms with Crippen molar-refractivity contribution in [3.63, 3.8) is 0 Å². The number of likely N-dealkylation sites (tertiary alicyclic amines) is 1. The maximum Gasteiger partial charge on any atom is 0.319 e. The maximum atomic E-state index is 12.5. The van der Waals surface area contributed by atoms with Crippen molar-refractivity contribution in [2.75, 3.05) is 38.0 Å². The first-order valence-corrected chi connectivity index (χ1v) is 13.2. The number of amides is 3. The number of nitrogens with zero attached hydrogens (tertiary/aromatic N) is 2. The van der Waals surface area contributed by atoms with Crippen molar-refractivity contribution in [2.24, 2.45) is 5.73 Å². The number of rotatable bonds is 9. The second kappa shape index (κ2) is 11.3. The Morgan fingerprint density at radius 3 is 2.47 bits per heavy atom. The first kappa shape index (κ1) is 24.7. The lowest BCUT2D eigenvalue weighted by atomic mass is 10.0. The monoisotopic (exact) mass is 483 g/mol. The van der Waals surface area contributed by atoms with Gasteiger partial charge in [-0.15, -0.1) is 11.3 Å². The Bertz CT molecular complexity index is 1010. The molecule has 184 valence electrons. The summed E-state index contributed by atoms with van der Waals surface area (Å²) in [6.07, 6.45) is 5.39. The van der Waals surface area contributed by atoms with E-state index < -0.39 is 5.91 Å². The molecule has 7 nitrogen and oxygen atoms in total. The zero-order valence-corrected chi connectivity index (χ0v) is 21.2. The van der Waals surface area contributed by atoms with Gasteiger partial charge in [0.05, 0.1) is 5.56 Å². The van der Waals surface area contributed by atoms with E-state index in [1.54, 1.807) is 0 Å². The summed E-state index contributed by atoms with van der Waals surface area (Å²) in [6, 6.07) is 6.38. The highest BCUT2D eigenvalue weighted by Gasteiger charge is 2.27. The summed E-state index contributed by atoms with van der Waals surface area (Å²) in [5, 5.41) is 6.40. The fourth-order valence-electron chi connectivity index (χ4n) is 5.17. The van der Waals surface area contributed by atoms with Crippen LogP contribution in [0.3, 0.4) is 0 Å². The molecule has 1 saturated heterocycles. The summed E-state index contributed by atoms with van der Waals surface area (Å²) >= 11 is 1.48. The third-order valence-electron chi connectivity index (χ3n) is 6.68.